The lowest BCUT2D eigenvalue weighted by molar-refractivity contribution is 0.109. The fourth-order valence-corrected chi connectivity index (χ4v) is 2.58. The van der Waals surface area contributed by atoms with Gasteiger partial charge in [-0.15, -0.1) is 0 Å². The average Bonchev–Trinajstić information content (AvgIpc) is 2.94. The molecule has 3 rings (SSSR count). The van der Waals surface area contributed by atoms with Crippen molar-refractivity contribution in [1.82, 2.24) is 4.90 Å². The quantitative estimate of drug-likeness (QED) is 0.833. The van der Waals surface area contributed by atoms with E-state index in [9.17, 15) is 0 Å². The minimum atomic E-state index is 0.135. The van der Waals surface area contributed by atoms with E-state index in [2.05, 4.69) is 34.2 Å². The molecular formula is C18H21N3O. The molecule has 114 valence electrons. The summed E-state index contributed by atoms with van der Waals surface area (Å²) < 4.78 is 5.72. The van der Waals surface area contributed by atoms with Crippen molar-refractivity contribution in [2.75, 3.05) is 19.7 Å². The van der Waals surface area contributed by atoms with Crippen molar-refractivity contribution in [2.24, 2.45) is 10.7 Å². The van der Waals surface area contributed by atoms with Gasteiger partial charge in [-0.3, -0.25) is 0 Å². The fourth-order valence-electron chi connectivity index (χ4n) is 2.58. The highest BCUT2D eigenvalue weighted by atomic mass is 16.5. The van der Waals surface area contributed by atoms with Crippen LogP contribution >= 0.6 is 0 Å². The molecule has 0 bridgehead atoms. The summed E-state index contributed by atoms with van der Waals surface area (Å²) in [5.74, 6) is 0.608. The molecule has 0 spiro atoms. The van der Waals surface area contributed by atoms with E-state index in [1.54, 1.807) is 0 Å². The first-order chi connectivity index (χ1) is 10.8. The topological polar surface area (TPSA) is 50.8 Å². The van der Waals surface area contributed by atoms with Gasteiger partial charge in [0.2, 0.25) is 0 Å². The van der Waals surface area contributed by atoms with E-state index < -0.39 is 0 Å². The van der Waals surface area contributed by atoms with Crippen LogP contribution in [0.2, 0.25) is 0 Å². The molecule has 2 N–H and O–H groups in total. The van der Waals surface area contributed by atoms with Crippen molar-refractivity contribution in [3.05, 3.63) is 71.8 Å². The fraction of sp³-hybridized carbons (Fsp3) is 0.278. The van der Waals surface area contributed by atoms with E-state index in [0.29, 0.717) is 19.2 Å². The van der Waals surface area contributed by atoms with Gasteiger partial charge < -0.3 is 15.4 Å². The second-order valence-electron chi connectivity index (χ2n) is 5.40. The third-order valence-electron chi connectivity index (χ3n) is 3.81. The predicted molar refractivity (Wildman–Crippen MR) is 88.5 cm³/mol. The standard InChI is InChI=1S/C18H21N3O/c19-18-20-17(16-9-5-2-6-10-16)13-21(18)11-12-22-14-15-7-3-1-4-8-15/h1-10,17H,11-14H2,(H2,19,20). The maximum Gasteiger partial charge on any atom is 0.192 e. The van der Waals surface area contributed by atoms with Gasteiger partial charge in [0.1, 0.15) is 0 Å². The number of hydrogen-bond donors (Lipinski definition) is 1. The Hall–Kier alpha value is -2.33. The summed E-state index contributed by atoms with van der Waals surface area (Å²) in [6, 6.07) is 20.6. The van der Waals surface area contributed by atoms with Gasteiger partial charge in [-0.1, -0.05) is 60.7 Å². The van der Waals surface area contributed by atoms with Crippen molar-refractivity contribution in [3.8, 4) is 0 Å². The molecule has 0 amide bonds. The zero-order valence-electron chi connectivity index (χ0n) is 12.6. The molecular weight excluding hydrogens is 274 g/mol. The van der Waals surface area contributed by atoms with Crippen molar-refractivity contribution < 1.29 is 4.74 Å². The van der Waals surface area contributed by atoms with Crippen LogP contribution in [0.25, 0.3) is 0 Å². The predicted octanol–water partition coefficient (Wildman–Crippen LogP) is 2.57. The SMILES string of the molecule is NC1=NC(c2ccccc2)CN1CCOCc1ccccc1. The highest BCUT2D eigenvalue weighted by molar-refractivity contribution is 5.80. The van der Waals surface area contributed by atoms with Crippen LogP contribution in [0.5, 0.6) is 0 Å². The summed E-state index contributed by atoms with van der Waals surface area (Å²) in [5, 5.41) is 0. The lowest BCUT2D eigenvalue weighted by Gasteiger charge is -2.18. The molecule has 1 aliphatic heterocycles. The van der Waals surface area contributed by atoms with Gasteiger partial charge in [-0.05, 0) is 11.1 Å². The number of hydrogen-bond acceptors (Lipinski definition) is 4. The Bertz CT molecular complexity index is 613. The first kappa shape index (κ1) is 14.6. The van der Waals surface area contributed by atoms with Gasteiger partial charge in [0, 0.05) is 13.1 Å². The van der Waals surface area contributed by atoms with Crippen LogP contribution in [-0.4, -0.2) is 30.6 Å². The van der Waals surface area contributed by atoms with Crippen molar-refractivity contribution >= 4 is 5.96 Å². The number of nitrogens with two attached hydrogens (primary N) is 1. The van der Waals surface area contributed by atoms with Crippen LogP contribution in [0.4, 0.5) is 0 Å². The third kappa shape index (κ3) is 3.65. The molecule has 22 heavy (non-hydrogen) atoms. The summed E-state index contributed by atoms with van der Waals surface area (Å²) >= 11 is 0. The molecule has 0 fully saturated rings. The molecule has 0 aromatic heterocycles. The number of guanidine groups is 1. The van der Waals surface area contributed by atoms with Gasteiger partial charge in [0.15, 0.2) is 5.96 Å². The summed E-state index contributed by atoms with van der Waals surface area (Å²) in [7, 11) is 0. The van der Waals surface area contributed by atoms with Crippen molar-refractivity contribution in [2.45, 2.75) is 12.6 Å². The van der Waals surface area contributed by atoms with Crippen LogP contribution in [0.1, 0.15) is 17.2 Å². The van der Waals surface area contributed by atoms with Crippen molar-refractivity contribution in [3.63, 3.8) is 0 Å². The first-order valence-electron chi connectivity index (χ1n) is 7.58. The number of nitrogens with zero attached hydrogens (tertiary/aromatic N) is 2. The Morgan fingerprint density at radius 3 is 2.45 bits per heavy atom. The summed E-state index contributed by atoms with van der Waals surface area (Å²) in [5.41, 5.74) is 8.41. The number of benzene rings is 2. The molecule has 4 heteroatoms. The normalized spacial score (nSPS) is 17.5. The van der Waals surface area contributed by atoms with E-state index in [1.807, 2.05) is 36.4 Å². The molecule has 1 aliphatic rings. The molecule has 0 radical (unpaired) electrons. The Balaban J connectivity index is 1.45. The monoisotopic (exact) mass is 295 g/mol. The second-order valence-corrected chi connectivity index (χ2v) is 5.40. The number of aliphatic imine (C=N–C) groups is 1. The zero-order chi connectivity index (χ0) is 15.2. The second kappa shape index (κ2) is 7.09. The average molecular weight is 295 g/mol. The largest absolute Gasteiger partial charge is 0.375 e. The van der Waals surface area contributed by atoms with E-state index in [-0.39, 0.29) is 6.04 Å². The van der Waals surface area contributed by atoms with E-state index >= 15 is 0 Å². The minimum absolute atomic E-state index is 0.135. The Labute approximate surface area is 131 Å². The van der Waals surface area contributed by atoms with Gasteiger partial charge in [0.05, 0.1) is 19.3 Å². The molecule has 2 aromatic carbocycles. The van der Waals surface area contributed by atoms with E-state index in [1.165, 1.54) is 11.1 Å². The molecule has 0 aliphatic carbocycles. The molecule has 1 unspecified atom stereocenters. The summed E-state index contributed by atoms with van der Waals surface area (Å²) in [6.45, 7) is 2.87. The zero-order valence-corrected chi connectivity index (χ0v) is 12.6. The first-order valence-corrected chi connectivity index (χ1v) is 7.58. The lowest BCUT2D eigenvalue weighted by atomic mass is 10.1. The van der Waals surface area contributed by atoms with Crippen LogP contribution in [0.15, 0.2) is 65.7 Å². The van der Waals surface area contributed by atoms with Crippen LogP contribution in [0.3, 0.4) is 0 Å². The van der Waals surface area contributed by atoms with Gasteiger partial charge in [-0.2, -0.15) is 0 Å². The molecule has 0 saturated carbocycles. The molecule has 1 heterocycles. The van der Waals surface area contributed by atoms with E-state index in [0.717, 1.165) is 13.1 Å². The van der Waals surface area contributed by atoms with Crippen molar-refractivity contribution in [1.29, 1.82) is 0 Å². The third-order valence-corrected chi connectivity index (χ3v) is 3.81. The summed E-state index contributed by atoms with van der Waals surface area (Å²) in [4.78, 5) is 6.63. The summed E-state index contributed by atoms with van der Waals surface area (Å²) in [6.07, 6.45) is 0. The lowest BCUT2D eigenvalue weighted by Crippen LogP contribution is -2.36. The Morgan fingerprint density at radius 2 is 1.73 bits per heavy atom. The Morgan fingerprint density at radius 1 is 1.05 bits per heavy atom. The number of rotatable bonds is 6. The van der Waals surface area contributed by atoms with Gasteiger partial charge >= 0.3 is 0 Å². The highest BCUT2D eigenvalue weighted by Gasteiger charge is 2.23. The maximum atomic E-state index is 6.02. The van der Waals surface area contributed by atoms with Gasteiger partial charge in [0.25, 0.3) is 0 Å². The van der Waals surface area contributed by atoms with E-state index in [4.69, 9.17) is 10.5 Å². The smallest absolute Gasteiger partial charge is 0.192 e. The van der Waals surface area contributed by atoms with Gasteiger partial charge in [-0.25, -0.2) is 4.99 Å². The molecule has 0 saturated heterocycles. The van der Waals surface area contributed by atoms with Crippen LogP contribution in [0, 0.1) is 0 Å². The molecule has 4 nitrogen and oxygen atoms in total. The Kier molecular flexibility index (Phi) is 4.71. The van der Waals surface area contributed by atoms with Crippen LogP contribution in [-0.2, 0) is 11.3 Å². The number of ether oxygens (including phenoxy) is 1. The highest BCUT2D eigenvalue weighted by Crippen LogP contribution is 2.23. The van der Waals surface area contributed by atoms with Crippen LogP contribution < -0.4 is 5.73 Å². The molecule has 1 atom stereocenters. The maximum absolute atomic E-state index is 6.02. The minimum Gasteiger partial charge on any atom is -0.375 e. The molecule has 2 aromatic rings.